The number of ether oxygens (including phenoxy) is 3. The van der Waals surface area contributed by atoms with Crippen LogP contribution in [-0.2, 0) is 14.2 Å². The van der Waals surface area contributed by atoms with Crippen molar-refractivity contribution in [1.82, 2.24) is 10.2 Å². The molecule has 0 aromatic rings. The minimum Gasteiger partial charge on any atom is -0.444 e. The topological polar surface area (TPSA) is 60.0 Å². The number of amides is 1. The molecule has 1 unspecified atom stereocenters. The van der Waals surface area contributed by atoms with Gasteiger partial charge in [0.25, 0.3) is 0 Å². The molecule has 0 radical (unpaired) electrons. The van der Waals surface area contributed by atoms with Gasteiger partial charge in [-0.05, 0) is 20.8 Å². The van der Waals surface area contributed by atoms with E-state index in [2.05, 4.69) is 12.2 Å². The molecule has 6 nitrogen and oxygen atoms in total. The van der Waals surface area contributed by atoms with E-state index in [0.29, 0.717) is 19.8 Å². The lowest BCUT2D eigenvalue weighted by Gasteiger charge is -2.40. The van der Waals surface area contributed by atoms with Crippen molar-refractivity contribution in [3.8, 4) is 0 Å². The van der Waals surface area contributed by atoms with Crippen molar-refractivity contribution in [3.63, 3.8) is 0 Å². The van der Waals surface area contributed by atoms with Crippen LogP contribution in [-0.4, -0.2) is 68.7 Å². The summed E-state index contributed by atoms with van der Waals surface area (Å²) in [6.45, 7) is 12.8. The van der Waals surface area contributed by atoms with Gasteiger partial charge in [-0.2, -0.15) is 0 Å². The first kappa shape index (κ1) is 16.5. The van der Waals surface area contributed by atoms with E-state index in [-0.39, 0.29) is 17.6 Å². The van der Waals surface area contributed by atoms with Crippen LogP contribution in [0.2, 0.25) is 0 Å². The van der Waals surface area contributed by atoms with E-state index in [1.165, 1.54) is 0 Å². The molecule has 1 atom stereocenters. The number of rotatable bonds is 4. The standard InChI is InChI=1S/C15H28N2O4/c1-14(2,3)21-13(18)17-5-6-19-8-12(17)7-16-9-15(4)10-20-11-15/h12,16H,5-11H2,1-4H3. The predicted octanol–water partition coefficient (Wildman–Crippen LogP) is 1.25. The lowest BCUT2D eigenvalue weighted by molar-refractivity contribution is -0.100. The number of hydrogen-bond acceptors (Lipinski definition) is 5. The SMILES string of the molecule is CC1(CNCC2COCCN2C(=O)OC(C)(C)C)COC1. The third-order valence-electron chi connectivity index (χ3n) is 3.69. The second-order valence-electron chi connectivity index (χ2n) is 7.34. The number of carbonyl (C=O) groups excluding carboxylic acids is 1. The first-order valence-electron chi connectivity index (χ1n) is 7.65. The van der Waals surface area contributed by atoms with Crippen LogP contribution in [0.1, 0.15) is 27.7 Å². The summed E-state index contributed by atoms with van der Waals surface area (Å²) in [6, 6.07) is 0.0261. The molecule has 0 bridgehead atoms. The Kier molecular flexibility index (Phi) is 5.11. The molecule has 2 heterocycles. The van der Waals surface area contributed by atoms with E-state index in [9.17, 15) is 4.79 Å². The summed E-state index contributed by atoms with van der Waals surface area (Å²) in [5, 5.41) is 3.44. The Hall–Kier alpha value is -0.850. The highest BCUT2D eigenvalue weighted by Gasteiger charge is 2.34. The molecule has 2 fully saturated rings. The smallest absolute Gasteiger partial charge is 0.410 e. The van der Waals surface area contributed by atoms with Gasteiger partial charge in [0.15, 0.2) is 0 Å². The van der Waals surface area contributed by atoms with Gasteiger partial charge in [0.1, 0.15) is 5.60 Å². The van der Waals surface area contributed by atoms with Crippen molar-refractivity contribution < 1.29 is 19.0 Å². The lowest BCUT2D eigenvalue weighted by atomic mass is 9.89. The summed E-state index contributed by atoms with van der Waals surface area (Å²) in [6.07, 6.45) is -0.254. The van der Waals surface area contributed by atoms with Crippen molar-refractivity contribution in [2.24, 2.45) is 5.41 Å². The third-order valence-corrected chi connectivity index (χ3v) is 3.69. The fourth-order valence-corrected chi connectivity index (χ4v) is 2.48. The van der Waals surface area contributed by atoms with Crippen LogP contribution in [0.5, 0.6) is 0 Å². The molecule has 1 amide bonds. The Bertz CT molecular complexity index is 363. The first-order chi connectivity index (χ1) is 9.79. The highest BCUT2D eigenvalue weighted by molar-refractivity contribution is 5.68. The fourth-order valence-electron chi connectivity index (χ4n) is 2.48. The Morgan fingerprint density at radius 1 is 1.38 bits per heavy atom. The van der Waals surface area contributed by atoms with Crippen LogP contribution >= 0.6 is 0 Å². The van der Waals surface area contributed by atoms with Crippen molar-refractivity contribution in [2.75, 3.05) is 46.1 Å². The Balaban J connectivity index is 1.82. The number of carbonyl (C=O) groups is 1. The number of nitrogens with one attached hydrogen (secondary N) is 1. The highest BCUT2D eigenvalue weighted by Crippen LogP contribution is 2.25. The van der Waals surface area contributed by atoms with Gasteiger partial charge in [-0.25, -0.2) is 4.79 Å². The monoisotopic (exact) mass is 300 g/mol. The zero-order valence-corrected chi connectivity index (χ0v) is 13.6. The molecule has 2 aliphatic rings. The normalized spacial score (nSPS) is 25.3. The molecule has 0 aliphatic carbocycles. The fraction of sp³-hybridized carbons (Fsp3) is 0.933. The molecule has 21 heavy (non-hydrogen) atoms. The van der Waals surface area contributed by atoms with Crippen LogP contribution in [0, 0.1) is 5.41 Å². The second kappa shape index (κ2) is 6.50. The molecule has 122 valence electrons. The molecule has 2 rings (SSSR count). The summed E-state index contributed by atoms with van der Waals surface area (Å²) >= 11 is 0. The average Bonchev–Trinajstić information content (AvgIpc) is 2.35. The maximum absolute atomic E-state index is 12.3. The van der Waals surface area contributed by atoms with Crippen LogP contribution < -0.4 is 5.32 Å². The molecule has 0 saturated carbocycles. The van der Waals surface area contributed by atoms with Crippen LogP contribution in [0.3, 0.4) is 0 Å². The molecular formula is C15H28N2O4. The molecule has 1 N–H and O–H groups in total. The number of nitrogens with zero attached hydrogens (tertiary/aromatic N) is 1. The van der Waals surface area contributed by atoms with E-state index >= 15 is 0 Å². The maximum Gasteiger partial charge on any atom is 0.410 e. The second-order valence-corrected chi connectivity index (χ2v) is 7.34. The van der Waals surface area contributed by atoms with Gasteiger partial charge in [-0.15, -0.1) is 0 Å². The van der Waals surface area contributed by atoms with Crippen molar-refractivity contribution in [1.29, 1.82) is 0 Å². The van der Waals surface area contributed by atoms with E-state index in [1.807, 2.05) is 20.8 Å². The maximum atomic E-state index is 12.3. The summed E-state index contributed by atoms with van der Waals surface area (Å²) in [4.78, 5) is 14.0. The molecular weight excluding hydrogens is 272 g/mol. The largest absolute Gasteiger partial charge is 0.444 e. The van der Waals surface area contributed by atoms with Crippen LogP contribution in [0.25, 0.3) is 0 Å². The summed E-state index contributed by atoms with van der Waals surface area (Å²) in [5.74, 6) is 0. The van der Waals surface area contributed by atoms with Crippen molar-refractivity contribution in [3.05, 3.63) is 0 Å². The van der Waals surface area contributed by atoms with Gasteiger partial charge >= 0.3 is 6.09 Å². The van der Waals surface area contributed by atoms with E-state index in [0.717, 1.165) is 26.3 Å². The zero-order chi connectivity index (χ0) is 15.5. The molecule has 2 aliphatic heterocycles. The number of hydrogen-bond donors (Lipinski definition) is 1. The predicted molar refractivity (Wildman–Crippen MR) is 79.3 cm³/mol. The zero-order valence-electron chi connectivity index (χ0n) is 13.6. The Morgan fingerprint density at radius 2 is 2.10 bits per heavy atom. The van der Waals surface area contributed by atoms with Crippen LogP contribution in [0.15, 0.2) is 0 Å². The van der Waals surface area contributed by atoms with E-state index in [1.54, 1.807) is 4.90 Å². The van der Waals surface area contributed by atoms with E-state index < -0.39 is 5.60 Å². The lowest BCUT2D eigenvalue weighted by Crippen LogP contribution is -2.56. The van der Waals surface area contributed by atoms with Gasteiger partial charge in [-0.3, -0.25) is 4.90 Å². The minimum absolute atomic E-state index is 0.0261. The van der Waals surface area contributed by atoms with Gasteiger partial charge in [0.05, 0.1) is 32.5 Å². The van der Waals surface area contributed by atoms with Crippen molar-refractivity contribution in [2.45, 2.75) is 39.3 Å². The molecule has 0 aromatic heterocycles. The summed E-state index contributed by atoms with van der Waals surface area (Å²) in [7, 11) is 0. The average molecular weight is 300 g/mol. The summed E-state index contributed by atoms with van der Waals surface area (Å²) < 4.78 is 16.2. The number of morpholine rings is 1. The van der Waals surface area contributed by atoms with Gasteiger partial charge in [-0.1, -0.05) is 6.92 Å². The van der Waals surface area contributed by atoms with Crippen molar-refractivity contribution >= 4 is 6.09 Å². The minimum atomic E-state index is -0.468. The van der Waals surface area contributed by atoms with Gasteiger partial charge in [0, 0.05) is 25.0 Å². The first-order valence-corrected chi connectivity index (χ1v) is 7.65. The molecule has 0 aromatic carbocycles. The van der Waals surface area contributed by atoms with Gasteiger partial charge in [0.2, 0.25) is 0 Å². The van der Waals surface area contributed by atoms with E-state index in [4.69, 9.17) is 14.2 Å². The molecule has 2 saturated heterocycles. The molecule has 0 spiro atoms. The third kappa shape index (κ3) is 4.83. The Morgan fingerprint density at radius 3 is 2.67 bits per heavy atom. The van der Waals surface area contributed by atoms with Crippen LogP contribution in [0.4, 0.5) is 4.79 Å². The highest BCUT2D eigenvalue weighted by atomic mass is 16.6. The van der Waals surface area contributed by atoms with Gasteiger partial charge < -0.3 is 19.5 Å². The Labute approximate surface area is 127 Å². The summed E-state index contributed by atoms with van der Waals surface area (Å²) in [5.41, 5.74) is -0.240. The molecule has 6 heteroatoms. The quantitative estimate of drug-likeness (QED) is 0.847.